The van der Waals surface area contributed by atoms with Crippen LogP contribution in [0.2, 0.25) is 0 Å². The van der Waals surface area contributed by atoms with Gasteiger partial charge >= 0.3 is 5.97 Å². The third-order valence-electron chi connectivity index (χ3n) is 4.29. The Morgan fingerprint density at radius 2 is 2.00 bits per heavy atom. The number of rotatable bonds is 5. The largest absolute Gasteiger partial charge is 0.465 e. The van der Waals surface area contributed by atoms with Crippen LogP contribution in [0.3, 0.4) is 0 Å². The van der Waals surface area contributed by atoms with Gasteiger partial charge in [0.15, 0.2) is 0 Å². The lowest BCUT2D eigenvalue weighted by molar-refractivity contribution is -0.145. The predicted molar refractivity (Wildman–Crippen MR) is 105 cm³/mol. The summed E-state index contributed by atoms with van der Waals surface area (Å²) in [6.45, 7) is 5.16. The number of imide groups is 1. The second-order valence-electron chi connectivity index (χ2n) is 6.21. The second kappa shape index (κ2) is 8.02. The van der Waals surface area contributed by atoms with Crippen LogP contribution in [0.1, 0.15) is 23.9 Å². The molecular formula is C20H19FN2O4S. The van der Waals surface area contributed by atoms with Crippen LogP contribution in [0, 0.1) is 19.7 Å². The molecule has 1 fully saturated rings. The summed E-state index contributed by atoms with van der Waals surface area (Å²) in [5.41, 5.74) is 3.08. The Balaban J connectivity index is 1.90. The first-order valence-corrected chi connectivity index (χ1v) is 9.49. The molecule has 0 N–H and O–H groups in total. The van der Waals surface area contributed by atoms with Gasteiger partial charge < -0.3 is 9.30 Å². The van der Waals surface area contributed by atoms with Crippen LogP contribution in [-0.4, -0.2) is 39.7 Å². The Morgan fingerprint density at radius 1 is 1.25 bits per heavy atom. The first kappa shape index (κ1) is 19.9. The molecule has 2 heterocycles. The molecule has 8 heteroatoms. The molecule has 0 spiro atoms. The summed E-state index contributed by atoms with van der Waals surface area (Å²) < 4.78 is 20.3. The Morgan fingerprint density at radius 3 is 2.68 bits per heavy atom. The third kappa shape index (κ3) is 3.87. The molecule has 1 aliphatic heterocycles. The Labute approximate surface area is 166 Å². The van der Waals surface area contributed by atoms with E-state index in [9.17, 15) is 18.8 Å². The van der Waals surface area contributed by atoms with Crippen molar-refractivity contribution >= 4 is 35.0 Å². The van der Waals surface area contributed by atoms with Crippen molar-refractivity contribution < 1.29 is 23.5 Å². The van der Waals surface area contributed by atoms with Gasteiger partial charge in [0.25, 0.3) is 11.1 Å². The zero-order chi connectivity index (χ0) is 20.4. The number of thioether (sulfide) groups is 1. The van der Waals surface area contributed by atoms with E-state index in [1.165, 1.54) is 12.1 Å². The number of hydrogen-bond donors (Lipinski definition) is 0. The van der Waals surface area contributed by atoms with Crippen molar-refractivity contribution in [2.45, 2.75) is 20.8 Å². The van der Waals surface area contributed by atoms with E-state index < -0.39 is 23.7 Å². The summed E-state index contributed by atoms with van der Waals surface area (Å²) >= 11 is 0.780. The molecule has 1 aromatic heterocycles. The maximum atomic E-state index is 13.6. The fourth-order valence-corrected chi connectivity index (χ4v) is 3.89. The average Bonchev–Trinajstić information content (AvgIpc) is 3.05. The molecular weight excluding hydrogens is 383 g/mol. The van der Waals surface area contributed by atoms with E-state index in [2.05, 4.69) is 0 Å². The molecule has 0 aliphatic carbocycles. The van der Waals surface area contributed by atoms with Gasteiger partial charge in [0.1, 0.15) is 12.4 Å². The van der Waals surface area contributed by atoms with E-state index >= 15 is 0 Å². The summed E-state index contributed by atoms with van der Waals surface area (Å²) in [7, 11) is 0. The van der Waals surface area contributed by atoms with Gasteiger partial charge in [0.05, 0.1) is 11.5 Å². The molecule has 3 rings (SSSR count). The van der Waals surface area contributed by atoms with Gasteiger partial charge in [-0.3, -0.25) is 19.3 Å². The van der Waals surface area contributed by atoms with E-state index in [1.54, 1.807) is 25.1 Å². The van der Waals surface area contributed by atoms with Gasteiger partial charge in [-0.1, -0.05) is 6.07 Å². The van der Waals surface area contributed by atoms with Crippen molar-refractivity contribution in [2.24, 2.45) is 0 Å². The van der Waals surface area contributed by atoms with E-state index in [1.807, 2.05) is 24.5 Å². The summed E-state index contributed by atoms with van der Waals surface area (Å²) in [4.78, 5) is 37.4. The topological polar surface area (TPSA) is 68.6 Å². The fourth-order valence-electron chi connectivity index (χ4n) is 3.06. The monoisotopic (exact) mass is 402 g/mol. The van der Waals surface area contributed by atoms with Crippen LogP contribution in [0.15, 0.2) is 35.2 Å². The zero-order valence-corrected chi connectivity index (χ0v) is 16.5. The Bertz CT molecular complexity index is 996. The molecule has 28 heavy (non-hydrogen) atoms. The lowest BCUT2D eigenvalue weighted by Crippen LogP contribution is -2.34. The lowest BCUT2D eigenvalue weighted by atomic mass is 10.2. The van der Waals surface area contributed by atoms with Crippen LogP contribution >= 0.6 is 11.8 Å². The number of amides is 2. The molecule has 6 nitrogen and oxygen atoms in total. The lowest BCUT2D eigenvalue weighted by Gasteiger charge is -2.11. The van der Waals surface area contributed by atoms with Crippen molar-refractivity contribution in [3.8, 4) is 5.69 Å². The number of carbonyl (C=O) groups excluding carboxylic acids is 3. The van der Waals surface area contributed by atoms with Crippen LogP contribution < -0.4 is 0 Å². The minimum absolute atomic E-state index is 0.178. The third-order valence-corrected chi connectivity index (χ3v) is 5.20. The molecule has 0 bridgehead atoms. The van der Waals surface area contributed by atoms with Gasteiger partial charge in [0, 0.05) is 17.1 Å². The van der Waals surface area contributed by atoms with Crippen LogP contribution in [0.4, 0.5) is 9.18 Å². The number of halogens is 1. The standard InChI is InChI=1S/C20H19FN2O4S/c1-4-27-18(24)11-22-19(25)17(28-20(22)26)9-14-8-12(2)23(13(14)3)16-7-5-6-15(21)10-16/h5-10H,4,11H2,1-3H3/b17-9+. The Kier molecular flexibility index (Phi) is 5.69. The number of aryl methyl sites for hydroxylation is 1. The molecule has 2 amide bonds. The normalized spacial score (nSPS) is 15.6. The van der Waals surface area contributed by atoms with Crippen molar-refractivity contribution in [1.82, 2.24) is 9.47 Å². The number of esters is 1. The van der Waals surface area contributed by atoms with E-state index in [0.717, 1.165) is 33.6 Å². The van der Waals surface area contributed by atoms with Crippen molar-refractivity contribution in [3.63, 3.8) is 0 Å². The summed E-state index contributed by atoms with van der Waals surface area (Å²) in [6, 6.07) is 8.08. The van der Waals surface area contributed by atoms with Crippen molar-refractivity contribution in [3.05, 3.63) is 58.0 Å². The highest BCUT2D eigenvalue weighted by Gasteiger charge is 2.36. The zero-order valence-electron chi connectivity index (χ0n) is 15.7. The van der Waals surface area contributed by atoms with Crippen molar-refractivity contribution in [1.29, 1.82) is 0 Å². The number of hydrogen-bond acceptors (Lipinski definition) is 5. The number of aromatic nitrogens is 1. The van der Waals surface area contributed by atoms with E-state index in [4.69, 9.17) is 4.74 Å². The molecule has 1 aliphatic rings. The quantitative estimate of drug-likeness (QED) is 0.562. The average molecular weight is 402 g/mol. The highest BCUT2D eigenvalue weighted by molar-refractivity contribution is 8.18. The van der Waals surface area contributed by atoms with Gasteiger partial charge in [-0.15, -0.1) is 0 Å². The molecule has 0 saturated carbocycles. The van der Waals surface area contributed by atoms with Gasteiger partial charge in [0.2, 0.25) is 0 Å². The van der Waals surface area contributed by atoms with Crippen molar-refractivity contribution in [2.75, 3.05) is 13.2 Å². The van der Waals surface area contributed by atoms with Gasteiger partial charge in [-0.2, -0.15) is 0 Å². The maximum absolute atomic E-state index is 13.6. The molecule has 146 valence electrons. The van der Waals surface area contributed by atoms with E-state index in [0.29, 0.717) is 5.69 Å². The molecule has 0 atom stereocenters. The first-order valence-electron chi connectivity index (χ1n) is 8.67. The van der Waals surface area contributed by atoms with E-state index in [-0.39, 0.29) is 17.3 Å². The highest BCUT2D eigenvalue weighted by atomic mass is 32.2. The van der Waals surface area contributed by atoms with Crippen LogP contribution in [0.25, 0.3) is 11.8 Å². The summed E-state index contributed by atoms with van der Waals surface area (Å²) in [6.07, 6.45) is 1.62. The fraction of sp³-hybridized carbons (Fsp3) is 0.250. The predicted octanol–water partition coefficient (Wildman–Crippen LogP) is 3.83. The number of nitrogens with zero attached hydrogens (tertiary/aromatic N) is 2. The first-order chi connectivity index (χ1) is 13.3. The van der Waals surface area contributed by atoms with Crippen LogP contribution in [-0.2, 0) is 14.3 Å². The highest BCUT2D eigenvalue weighted by Crippen LogP contribution is 2.33. The number of ether oxygens (including phenoxy) is 1. The minimum Gasteiger partial charge on any atom is -0.465 e. The maximum Gasteiger partial charge on any atom is 0.326 e. The molecule has 2 aromatic rings. The summed E-state index contributed by atoms with van der Waals surface area (Å²) in [5.74, 6) is -1.50. The molecule has 0 radical (unpaired) electrons. The Hall–Kier alpha value is -2.87. The minimum atomic E-state index is -0.629. The number of carbonyl (C=O) groups is 3. The smallest absolute Gasteiger partial charge is 0.326 e. The molecule has 1 saturated heterocycles. The summed E-state index contributed by atoms with van der Waals surface area (Å²) in [5, 5.41) is -0.511. The van der Waals surface area contributed by atoms with Gasteiger partial charge in [-0.05, 0) is 68.4 Å². The van der Waals surface area contributed by atoms with Gasteiger partial charge in [-0.25, -0.2) is 4.39 Å². The second-order valence-corrected chi connectivity index (χ2v) is 7.21. The van der Waals surface area contributed by atoms with Crippen LogP contribution in [0.5, 0.6) is 0 Å². The SMILES string of the molecule is CCOC(=O)CN1C(=O)S/C(=C/c2cc(C)n(-c3cccc(F)c3)c2C)C1=O. The number of benzene rings is 1. The molecule has 1 aromatic carbocycles. The molecule has 0 unspecified atom stereocenters.